The molecule has 38 heavy (non-hydrogen) atoms. The fourth-order valence-corrected chi connectivity index (χ4v) is 5.10. The van der Waals surface area contributed by atoms with Gasteiger partial charge in [0, 0.05) is 44.4 Å². The van der Waals surface area contributed by atoms with Crippen LogP contribution in [-0.4, -0.2) is 71.3 Å². The van der Waals surface area contributed by atoms with Crippen molar-refractivity contribution in [2.75, 3.05) is 19.6 Å². The average Bonchev–Trinajstić information content (AvgIpc) is 2.82. The summed E-state index contributed by atoms with van der Waals surface area (Å²) in [6.45, 7) is 3.53. The first-order valence-electron chi connectivity index (χ1n) is 10.6. The van der Waals surface area contributed by atoms with Crippen LogP contribution in [0, 0.1) is 13.8 Å². The van der Waals surface area contributed by atoms with Gasteiger partial charge in [0.05, 0.1) is 23.2 Å². The molecule has 0 aliphatic rings. The third kappa shape index (κ3) is 8.94. The van der Waals surface area contributed by atoms with Gasteiger partial charge < -0.3 is 11.6 Å². The van der Waals surface area contributed by atoms with Crippen LogP contribution in [0.2, 0.25) is 0 Å². The number of aromatic nitrogens is 2. The summed E-state index contributed by atoms with van der Waals surface area (Å²) in [6.07, 6.45) is 2.65. The van der Waals surface area contributed by atoms with Crippen LogP contribution < -0.4 is 29.6 Å². The maximum Gasteiger partial charge on any atom is 1.00 e. The molecule has 9 nitrogen and oxygen atoms in total. The predicted molar refractivity (Wildman–Crippen MR) is 145 cm³/mol. The van der Waals surface area contributed by atoms with Crippen LogP contribution in [0.1, 0.15) is 28.5 Å². The third-order valence-electron chi connectivity index (χ3n) is 4.97. The summed E-state index contributed by atoms with van der Waals surface area (Å²) in [7, 11) is -5.91. The van der Waals surface area contributed by atoms with Crippen LogP contribution in [0.5, 0.6) is 0 Å². The van der Waals surface area contributed by atoms with Gasteiger partial charge in [-0.25, -0.2) is 26.8 Å². The summed E-state index contributed by atoms with van der Waals surface area (Å²) < 4.78 is 46.1. The van der Waals surface area contributed by atoms with E-state index in [-0.39, 0.29) is 61.6 Å². The zero-order chi connectivity index (χ0) is 27.3. The van der Waals surface area contributed by atoms with Crippen molar-refractivity contribution < 1.29 is 62.8 Å². The van der Waals surface area contributed by atoms with Gasteiger partial charge in [-0.15, -0.1) is 0 Å². The van der Waals surface area contributed by atoms with E-state index in [1.807, 2.05) is 38.1 Å². The van der Waals surface area contributed by atoms with E-state index < -0.39 is 19.7 Å². The molecular formula is C25H29BN2NaO7S2. The van der Waals surface area contributed by atoms with E-state index in [1.165, 1.54) is 0 Å². The number of benzene rings is 2. The van der Waals surface area contributed by atoms with Crippen molar-refractivity contribution in [1.82, 2.24) is 9.97 Å². The maximum absolute atomic E-state index is 11.5. The first-order valence-corrected chi connectivity index (χ1v) is 14.3. The molecule has 2 N–H and O–H groups in total. The molecule has 0 atom stereocenters. The normalized spacial score (nSPS) is 10.7. The van der Waals surface area contributed by atoms with Crippen LogP contribution >= 0.6 is 0 Å². The van der Waals surface area contributed by atoms with Crippen LogP contribution in [0.15, 0.2) is 58.6 Å². The van der Waals surface area contributed by atoms with E-state index in [2.05, 4.69) is 9.97 Å². The molecule has 0 aliphatic heterocycles. The summed E-state index contributed by atoms with van der Waals surface area (Å²) in [4.78, 5) is 19.0. The van der Waals surface area contributed by atoms with Gasteiger partial charge in [0.2, 0.25) is 0 Å². The largest absolute Gasteiger partial charge is 1.00 e. The Labute approximate surface area is 248 Å². The Hall–Kier alpha value is -2.19. The van der Waals surface area contributed by atoms with E-state index in [9.17, 15) is 26.7 Å². The zero-order valence-corrected chi connectivity index (χ0v) is 25.8. The predicted octanol–water partition coefficient (Wildman–Crippen LogP) is -0.458. The smallest absolute Gasteiger partial charge is 1.00 e. The summed E-state index contributed by atoms with van der Waals surface area (Å²) in [5, 5.41) is 17.6. The average molecular weight is 567 g/mol. The number of aliphatic hydroxyl groups is 2. The van der Waals surface area contributed by atoms with Gasteiger partial charge in [0.15, 0.2) is 36.0 Å². The topological polar surface area (TPSA) is 152 Å². The number of nitrogens with zero attached hydrogens (tertiary/aromatic N) is 2. The zero-order valence-electron chi connectivity index (χ0n) is 23.1. The second kappa shape index (κ2) is 14.8. The molecule has 2 aromatic heterocycles. The van der Waals surface area contributed by atoms with Crippen LogP contribution in [0.3, 0.4) is 0 Å². The number of hydrogen-bond donors (Lipinski definition) is 2. The van der Waals surface area contributed by atoms with Gasteiger partial charge in [-0.3, -0.25) is 4.79 Å². The third-order valence-corrected chi connectivity index (χ3v) is 7.06. The summed E-state index contributed by atoms with van der Waals surface area (Å²) in [5.74, 6) is 0. The van der Waals surface area contributed by atoms with E-state index in [1.54, 1.807) is 24.3 Å². The minimum absolute atomic E-state index is 0. The number of aryl methyl sites for hydroxylation is 2. The number of aliphatic hydroxyl groups excluding tert-OH is 2. The standard InChI is InChI=1S/C12H13NO3S.C12H11NO3S.CH4O.B.Na.H/c2*1-8-3-4-11-9(5-8)6-10(7-14)12(13-11)17(2,15)16;1-2;;;/h3-6,14H,7H2,1-2H3;3-7H,1-2H3;2H,1H3;;;/q;;;;+1;-1. The quantitative estimate of drug-likeness (QED) is 0.247. The Morgan fingerprint density at radius 1 is 0.789 bits per heavy atom. The van der Waals surface area contributed by atoms with Gasteiger partial charge in [-0.2, -0.15) is 0 Å². The number of fused-ring (bicyclic) bond motifs is 2. The van der Waals surface area contributed by atoms with Crippen molar-refractivity contribution in [3.8, 4) is 0 Å². The van der Waals surface area contributed by atoms with Crippen LogP contribution in [0.4, 0.5) is 0 Å². The minimum atomic E-state index is -3.49. The summed E-state index contributed by atoms with van der Waals surface area (Å²) in [5.41, 5.74) is 3.73. The van der Waals surface area contributed by atoms with Crippen LogP contribution in [-0.2, 0) is 26.3 Å². The Bertz CT molecular complexity index is 1650. The molecule has 0 amide bonds. The number of pyridine rings is 2. The Morgan fingerprint density at radius 3 is 1.61 bits per heavy atom. The van der Waals surface area contributed by atoms with Gasteiger partial charge in [-0.1, -0.05) is 23.3 Å². The second-order valence-electron chi connectivity index (χ2n) is 8.05. The van der Waals surface area contributed by atoms with Crippen molar-refractivity contribution in [3.63, 3.8) is 0 Å². The first kappa shape index (κ1) is 35.8. The number of hydrogen-bond acceptors (Lipinski definition) is 9. The molecule has 2 aromatic carbocycles. The Kier molecular flexibility index (Phi) is 14.0. The fraction of sp³-hybridized carbons (Fsp3) is 0.240. The van der Waals surface area contributed by atoms with E-state index in [4.69, 9.17) is 5.11 Å². The van der Waals surface area contributed by atoms with Crippen molar-refractivity contribution in [2.24, 2.45) is 0 Å². The number of rotatable bonds is 4. The minimum Gasteiger partial charge on any atom is -1.00 e. The molecule has 2 heterocycles. The van der Waals surface area contributed by atoms with Crippen molar-refractivity contribution in [2.45, 2.75) is 30.5 Å². The van der Waals surface area contributed by atoms with Crippen molar-refractivity contribution >= 4 is 56.2 Å². The molecule has 0 bridgehead atoms. The van der Waals surface area contributed by atoms with E-state index >= 15 is 0 Å². The first-order chi connectivity index (χ1) is 16.8. The Morgan fingerprint density at radius 2 is 1.21 bits per heavy atom. The molecule has 0 spiro atoms. The fourth-order valence-electron chi connectivity index (χ4n) is 3.43. The molecule has 0 unspecified atom stereocenters. The molecule has 4 rings (SSSR count). The molecule has 0 aliphatic carbocycles. The van der Waals surface area contributed by atoms with Crippen molar-refractivity contribution in [1.29, 1.82) is 0 Å². The molecule has 4 aromatic rings. The van der Waals surface area contributed by atoms with Crippen molar-refractivity contribution in [3.05, 3.63) is 70.8 Å². The number of aldehydes is 1. The summed E-state index contributed by atoms with van der Waals surface area (Å²) in [6, 6.07) is 14.2. The Balaban J connectivity index is 0. The van der Waals surface area contributed by atoms with Gasteiger partial charge in [0.25, 0.3) is 0 Å². The molecule has 13 heteroatoms. The van der Waals surface area contributed by atoms with E-state index in [0.717, 1.165) is 41.5 Å². The summed E-state index contributed by atoms with van der Waals surface area (Å²) >= 11 is 0. The number of carbonyl (C=O) groups excluding carboxylic acids is 1. The second-order valence-corrected chi connectivity index (χ2v) is 11.9. The molecule has 0 saturated heterocycles. The van der Waals surface area contributed by atoms with Crippen LogP contribution in [0.25, 0.3) is 21.8 Å². The number of carbonyl (C=O) groups is 1. The molecule has 0 saturated carbocycles. The van der Waals surface area contributed by atoms with Gasteiger partial charge in [0.1, 0.15) is 0 Å². The molecule has 0 fully saturated rings. The molecular weight excluding hydrogens is 538 g/mol. The monoisotopic (exact) mass is 567 g/mol. The maximum atomic E-state index is 11.5. The SMILES string of the molecule is CO.Cc1ccc2nc(S(C)(=O)=O)c(C=O)cc2c1.Cc1ccc2nc(S(C)(=O)=O)c(CO)cc2c1.[B].[H-].[Na+]. The molecule has 3 radical (unpaired) electrons. The molecule has 197 valence electrons. The van der Waals surface area contributed by atoms with E-state index in [0.29, 0.717) is 22.9 Å². The van der Waals surface area contributed by atoms with Gasteiger partial charge >= 0.3 is 29.6 Å². The van der Waals surface area contributed by atoms with Gasteiger partial charge in [-0.05, 0) is 50.2 Å². The number of sulfone groups is 2.